The summed E-state index contributed by atoms with van der Waals surface area (Å²) in [4.78, 5) is 27.1. The Morgan fingerprint density at radius 2 is 2.00 bits per heavy atom. The molecular weight excluding hydrogens is 330 g/mol. The Morgan fingerprint density at radius 3 is 2.85 bits per heavy atom. The van der Waals surface area contributed by atoms with Crippen LogP contribution in [0.15, 0.2) is 55.0 Å². The molecule has 2 aromatic heterocycles. The molecule has 1 aromatic carbocycles. The van der Waals surface area contributed by atoms with Crippen LogP contribution in [0.1, 0.15) is 18.4 Å². The third kappa shape index (κ3) is 3.28. The van der Waals surface area contributed by atoms with E-state index in [2.05, 4.69) is 15.5 Å². The van der Waals surface area contributed by atoms with Gasteiger partial charge in [0.1, 0.15) is 12.4 Å². The van der Waals surface area contributed by atoms with Crippen LogP contribution in [-0.4, -0.2) is 43.9 Å². The molecule has 1 atom stereocenters. The van der Waals surface area contributed by atoms with Gasteiger partial charge in [0.05, 0.1) is 12.1 Å². The van der Waals surface area contributed by atoms with Crippen LogP contribution in [0.4, 0.5) is 5.69 Å². The number of aromatic nitrogens is 3. The summed E-state index contributed by atoms with van der Waals surface area (Å²) in [5, 5.41) is 10.7. The predicted octanol–water partition coefficient (Wildman–Crippen LogP) is 1.90. The molecule has 2 amide bonds. The summed E-state index contributed by atoms with van der Waals surface area (Å²) in [6, 6.07) is 12.8. The van der Waals surface area contributed by atoms with E-state index in [0.717, 1.165) is 12.0 Å². The summed E-state index contributed by atoms with van der Waals surface area (Å²) in [7, 11) is 0. The Balaban J connectivity index is 1.45. The maximum absolute atomic E-state index is 12.7. The van der Waals surface area contributed by atoms with Crippen molar-refractivity contribution in [2.75, 3.05) is 11.9 Å². The number of hydrogen-bond acceptors (Lipinski definition) is 4. The van der Waals surface area contributed by atoms with Crippen molar-refractivity contribution in [1.29, 1.82) is 0 Å². The Bertz CT molecular complexity index is 937. The van der Waals surface area contributed by atoms with Gasteiger partial charge in [0.15, 0.2) is 5.65 Å². The second kappa shape index (κ2) is 6.95. The number of anilines is 1. The van der Waals surface area contributed by atoms with Crippen molar-refractivity contribution >= 4 is 23.1 Å². The van der Waals surface area contributed by atoms with E-state index in [1.165, 1.54) is 0 Å². The molecule has 1 aliphatic rings. The van der Waals surface area contributed by atoms with Crippen LogP contribution < -0.4 is 5.32 Å². The molecule has 1 unspecified atom stereocenters. The van der Waals surface area contributed by atoms with Gasteiger partial charge in [-0.05, 0) is 30.5 Å². The zero-order valence-corrected chi connectivity index (χ0v) is 14.2. The first-order chi connectivity index (χ1) is 12.7. The van der Waals surface area contributed by atoms with Crippen LogP contribution in [0.2, 0.25) is 0 Å². The molecule has 0 saturated carbocycles. The molecule has 0 radical (unpaired) electrons. The number of hydrogen-bond donors (Lipinski definition) is 1. The van der Waals surface area contributed by atoms with Gasteiger partial charge >= 0.3 is 0 Å². The number of carbonyl (C=O) groups excluding carboxylic acids is 2. The molecule has 1 N–H and O–H groups in total. The number of likely N-dealkylation sites (tertiary alicyclic amines) is 1. The second-order valence-corrected chi connectivity index (χ2v) is 6.41. The first-order valence-electron chi connectivity index (χ1n) is 8.64. The lowest BCUT2D eigenvalue weighted by atomic mass is 10.1. The van der Waals surface area contributed by atoms with Gasteiger partial charge in [0, 0.05) is 12.7 Å². The Morgan fingerprint density at radius 1 is 1.15 bits per heavy atom. The van der Waals surface area contributed by atoms with E-state index in [9.17, 15) is 9.59 Å². The van der Waals surface area contributed by atoms with E-state index in [0.29, 0.717) is 30.7 Å². The summed E-state index contributed by atoms with van der Waals surface area (Å²) >= 11 is 0. The zero-order valence-electron chi connectivity index (χ0n) is 14.2. The van der Waals surface area contributed by atoms with Gasteiger partial charge in [-0.1, -0.05) is 30.3 Å². The highest BCUT2D eigenvalue weighted by molar-refractivity contribution is 5.97. The number of pyridine rings is 1. The van der Waals surface area contributed by atoms with Crippen LogP contribution in [0, 0.1) is 0 Å². The maximum atomic E-state index is 12.7. The Hall–Kier alpha value is -3.22. The van der Waals surface area contributed by atoms with E-state index in [1.54, 1.807) is 34.0 Å². The normalized spacial score (nSPS) is 16.8. The van der Waals surface area contributed by atoms with Crippen molar-refractivity contribution in [1.82, 2.24) is 19.5 Å². The SMILES string of the molecule is O=C(Nc1ccc2nncn2c1)C1CCCN1C(=O)Cc1ccccc1. The number of nitrogens with one attached hydrogen (secondary N) is 1. The van der Waals surface area contributed by atoms with Crippen LogP contribution in [0.3, 0.4) is 0 Å². The highest BCUT2D eigenvalue weighted by Gasteiger charge is 2.33. The lowest BCUT2D eigenvalue weighted by Gasteiger charge is -2.24. The lowest BCUT2D eigenvalue weighted by Crippen LogP contribution is -2.43. The van der Waals surface area contributed by atoms with Crippen LogP contribution in [0.5, 0.6) is 0 Å². The Labute approximate surface area is 150 Å². The molecule has 1 fully saturated rings. The summed E-state index contributed by atoms with van der Waals surface area (Å²) in [6.45, 7) is 0.619. The number of carbonyl (C=O) groups is 2. The third-order valence-electron chi connectivity index (χ3n) is 4.63. The molecule has 7 nitrogen and oxygen atoms in total. The van der Waals surface area contributed by atoms with Gasteiger partial charge in [-0.3, -0.25) is 14.0 Å². The van der Waals surface area contributed by atoms with Crippen molar-refractivity contribution < 1.29 is 9.59 Å². The zero-order chi connectivity index (χ0) is 17.9. The molecular formula is C19H19N5O2. The second-order valence-electron chi connectivity index (χ2n) is 6.41. The molecule has 26 heavy (non-hydrogen) atoms. The minimum atomic E-state index is -0.428. The van der Waals surface area contributed by atoms with Gasteiger partial charge in [0.25, 0.3) is 0 Å². The number of benzene rings is 1. The average molecular weight is 349 g/mol. The first kappa shape index (κ1) is 16.3. The minimum absolute atomic E-state index is 0.0110. The van der Waals surface area contributed by atoms with Gasteiger partial charge in [-0.25, -0.2) is 0 Å². The van der Waals surface area contributed by atoms with E-state index in [1.807, 2.05) is 30.3 Å². The topological polar surface area (TPSA) is 79.6 Å². The monoisotopic (exact) mass is 349 g/mol. The first-order valence-corrected chi connectivity index (χ1v) is 8.64. The van der Waals surface area contributed by atoms with Gasteiger partial charge in [-0.15, -0.1) is 10.2 Å². The van der Waals surface area contributed by atoms with Crippen molar-refractivity contribution in [3.8, 4) is 0 Å². The minimum Gasteiger partial charge on any atom is -0.330 e. The quantitative estimate of drug-likeness (QED) is 0.780. The predicted molar refractivity (Wildman–Crippen MR) is 96.5 cm³/mol. The molecule has 0 aliphatic carbocycles. The fourth-order valence-electron chi connectivity index (χ4n) is 3.34. The van der Waals surface area contributed by atoms with E-state index < -0.39 is 6.04 Å². The van der Waals surface area contributed by atoms with Gasteiger partial charge in [-0.2, -0.15) is 0 Å². The van der Waals surface area contributed by atoms with Crippen molar-refractivity contribution in [2.24, 2.45) is 0 Å². The molecule has 0 bridgehead atoms. The van der Waals surface area contributed by atoms with Crippen molar-refractivity contribution in [2.45, 2.75) is 25.3 Å². The van der Waals surface area contributed by atoms with Crippen molar-refractivity contribution in [3.63, 3.8) is 0 Å². The third-order valence-corrected chi connectivity index (χ3v) is 4.63. The number of amides is 2. The molecule has 7 heteroatoms. The highest BCUT2D eigenvalue weighted by atomic mass is 16.2. The van der Waals surface area contributed by atoms with E-state index in [-0.39, 0.29) is 11.8 Å². The fraction of sp³-hybridized carbons (Fsp3) is 0.263. The number of rotatable bonds is 4. The summed E-state index contributed by atoms with van der Waals surface area (Å²) in [5.74, 6) is -0.167. The largest absolute Gasteiger partial charge is 0.330 e. The average Bonchev–Trinajstić information content (AvgIpc) is 3.31. The standard InChI is InChI=1S/C19H19N5O2/c25-18(11-14-5-2-1-3-6-14)24-10-4-7-16(24)19(26)21-15-8-9-17-22-20-13-23(17)12-15/h1-3,5-6,8-9,12-13,16H,4,7,10-11H2,(H,21,26). The fourth-order valence-corrected chi connectivity index (χ4v) is 3.34. The van der Waals surface area contributed by atoms with Crippen LogP contribution in [0.25, 0.3) is 5.65 Å². The molecule has 3 aromatic rings. The molecule has 4 rings (SSSR count). The van der Waals surface area contributed by atoms with Gasteiger partial charge < -0.3 is 10.2 Å². The summed E-state index contributed by atoms with van der Waals surface area (Å²) in [6.07, 6.45) is 5.18. The van der Waals surface area contributed by atoms with E-state index in [4.69, 9.17) is 0 Å². The number of fused-ring (bicyclic) bond motifs is 1. The number of nitrogens with zero attached hydrogens (tertiary/aromatic N) is 4. The van der Waals surface area contributed by atoms with Crippen LogP contribution >= 0.6 is 0 Å². The van der Waals surface area contributed by atoms with Crippen molar-refractivity contribution in [3.05, 3.63) is 60.6 Å². The summed E-state index contributed by atoms with van der Waals surface area (Å²) in [5.41, 5.74) is 2.33. The Kier molecular flexibility index (Phi) is 4.35. The molecule has 132 valence electrons. The maximum Gasteiger partial charge on any atom is 0.247 e. The molecule has 1 saturated heterocycles. The summed E-state index contributed by atoms with van der Waals surface area (Å²) < 4.78 is 1.74. The van der Waals surface area contributed by atoms with E-state index >= 15 is 0 Å². The molecule has 0 spiro atoms. The van der Waals surface area contributed by atoms with Gasteiger partial charge in [0.2, 0.25) is 11.8 Å². The molecule has 3 heterocycles. The highest BCUT2D eigenvalue weighted by Crippen LogP contribution is 2.21. The smallest absolute Gasteiger partial charge is 0.247 e. The molecule has 1 aliphatic heterocycles. The van der Waals surface area contributed by atoms with Crippen LogP contribution in [-0.2, 0) is 16.0 Å². The lowest BCUT2D eigenvalue weighted by molar-refractivity contribution is -0.136.